The number of hydrogen-bond donors (Lipinski definition) is 1. The molecular weight excluding hydrogens is 470 g/mol. The van der Waals surface area contributed by atoms with Gasteiger partial charge in [-0.25, -0.2) is 13.8 Å². The minimum Gasteiger partial charge on any atom is -0.454 e. The molecule has 0 spiro atoms. The number of aryl methyl sites for hydroxylation is 1. The van der Waals surface area contributed by atoms with Gasteiger partial charge >= 0.3 is 0 Å². The molecule has 0 saturated carbocycles. The van der Waals surface area contributed by atoms with Crippen LogP contribution in [-0.2, 0) is 6.54 Å². The van der Waals surface area contributed by atoms with E-state index in [0.717, 1.165) is 11.6 Å². The van der Waals surface area contributed by atoms with Crippen LogP contribution in [0.3, 0.4) is 0 Å². The van der Waals surface area contributed by atoms with E-state index in [1.165, 1.54) is 17.9 Å². The van der Waals surface area contributed by atoms with Crippen molar-refractivity contribution in [2.45, 2.75) is 13.5 Å². The molecule has 2 aliphatic rings. The molecule has 1 saturated heterocycles. The molecule has 1 aromatic heterocycles. The van der Waals surface area contributed by atoms with Crippen LogP contribution in [0.15, 0.2) is 48.7 Å². The molecule has 0 atom stereocenters. The SMILES string of the molecule is Cc1ccc(F)c(C(=O)N2CCN(c3ncccc3C(=O)NCc3ccc4c(c3)OCO4)CC2)c1F. The second kappa shape index (κ2) is 9.80. The normalized spacial score (nSPS) is 14.6. The maximum atomic E-state index is 14.4. The lowest BCUT2D eigenvalue weighted by molar-refractivity contribution is 0.0735. The summed E-state index contributed by atoms with van der Waals surface area (Å²) in [5, 5.41) is 2.90. The smallest absolute Gasteiger partial charge is 0.259 e. The van der Waals surface area contributed by atoms with Crippen LogP contribution in [0.1, 0.15) is 31.8 Å². The molecule has 0 radical (unpaired) electrons. The number of carbonyl (C=O) groups is 2. The number of ether oxygens (including phenoxy) is 2. The molecule has 3 aromatic rings. The van der Waals surface area contributed by atoms with Gasteiger partial charge in [0.05, 0.1) is 5.56 Å². The molecular formula is C26H24F2N4O4. The van der Waals surface area contributed by atoms with Crippen LogP contribution in [0, 0.1) is 18.6 Å². The topological polar surface area (TPSA) is 84.0 Å². The number of rotatable bonds is 5. The Hall–Kier alpha value is -4.21. The highest BCUT2D eigenvalue weighted by Crippen LogP contribution is 2.32. The van der Waals surface area contributed by atoms with E-state index in [1.54, 1.807) is 24.4 Å². The van der Waals surface area contributed by atoms with Gasteiger partial charge in [-0.05, 0) is 48.4 Å². The van der Waals surface area contributed by atoms with Crippen LogP contribution in [-0.4, -0.2) is 54.7 Å². The summed E-state index contributed by atoms with van der Waals surface area (Å²) in [7, 11) is 0. The Bertz CT molecular complexity index is 1330. The summed E-state index contributed by atoms with van der Waals surface area (Å²) in [5.41, 5.74) is 0.933. The van der Waals surface area contributed by atoms with Crippen LogP contribution in [0.2, 0.25) is 0 Å². The van der Waals surface area contributed by atoms with Crippen molar-refractivity contribution >= 4 is 17.6 Å². The lowest BCUT2D eigenvalue weighted by atomic mass is 10.1. The van der Waals surface area contributed by atoms with Gasteiger partial charge in [0.1, 0.15) is 23.0 Å². The number of hydrogen-bond acceptors (Lipinski definition) is 6. The van der Waals surface area contributed by atoms with E-state index in [1.807, 2.05) is 17.0 Å². The van der Waals surface area contributed by atoms with Gasteiger partial charge in [0, 0.05) is 38.9 Å². The monoisotopic (exact) mass is 494 g/mol. The molecule has 2 aromatic carbocycles. The number of halogens is 2. The molecule has 186 valence electrons. The van der Waals surface area contributed by atoms with Crippen LogP contribution in [0.5, 0.6) is 11.5 Å². The summed E-state index contributed by atoms with van der Waals surface area (Å²) in [6.07, 6.45) is 1.60. The zero-order valence-electron chi connectivity index (χ0n) is 19.6. The first-order valence-electron chi connectivity index (χ1n) is 11.5. The first-order chi connectivity index (χ1) is 17.4. The Morgan fingerprint density at radius 2 is 1.81 bits per heavy atom. The molecule has 0 aliphatic carbocycles. The van der Waals surface area contributed by atoms with E-state index in [4.69, 9.17) is 9.47 Å². The van der Waals surface area contributed by atoms with Crippen molar-refractivity contribution in [1.29, 1.82) is 0 Å². The lowest BCUT2D eigenvalue weighted by Crippen LogP contribution is -2.49. The number of benzene rings is 2. The fourth-order valence-electron chi connectivity index (χ4n) is 4.29. The second-order valence-corrected chi connectivity index (χ2v) is 8.58. The van der Waals surface area contributed by atoms with Crippen molar-refractivity contribution in [2.24, 2.45) is 0 Å². The van der Waals surface area contributed by atoms with E-state index < -0.39 is 23.1 Å². The molecule has 1 N–H and O–H groups in total. The molecule has 3 heterocycles. The minimum absolute atomic E-state index is 0.178. The van der Waals surface area contributed by atoms with Gasteiger partial charge in [0.2, 0.25) is 6.79 Å². The number of aromatic nitrogens is 1. The summed E-state index contributed by atoms with van der Waals surface area (Å²) in [6, 6.07) is 11.3. The predicted octanol–water partition coefficient (Wildman–Crippen LogP) is 3.29. The van der Waals surface area contributed by atoms with Crippen LogP contribution in [0.25, 0.3) is 0 Å². The molecule has 36 heavy (non-hydrogen) atoms. The maximum Gasteiger partial charge on any atom is 0.259 e. The Morgan fingerprint density at radius 1 is 1.03 bits per heavy atom. The largest absolute Gasteiger partial charge is 0.454 e. The van der Waals surface area contributed by atoms with Crippen molar-refractivity contribution in [3.05, 3.63) is 82.5 Å². The maximum absolute atomic E-state index is 14.4. The summed E-state index contributed by atoms with van der Waals surface area (Å²) in [4.78, 5) is 33.5. The Kier molecular flexibility index (Phi) is 6.41. The number of pyridine rings is 1. The van der Waals surface area contributed by atoms with Crippen molar-refractivity contribution in [2.75, 3.05) is 37.9 Å². The van der Waals surface area contributed by atoms with Gasteiger partial charge < -0.3 is 24.6 Å². The minimum atomic E-state index is -0.878. The highest BCUT2D eigenvalue weighted by atomic mass is 19.1. The highest BCUT2D eigenvalue weighted by Gasteiger charge is 2.29. The fourth-order valence-corrected chi connectivity index (χ4v) is 4.29. The molecule has 8 nitrogen and oxygen atoms in total. The lowest BCUT2D eigenvalue weighted by Gasteiger charge is -2.36. The van der Waals surface area contributed by atoms with Gasteiger partial charge in [-0.3, -0.25) is 9.59 Å². The third kappa shape index (κ3) is 4.53. The molecule has 2 amide bonds. The van der Waals surface area contributed by atoms with Crippen molar-refractivity contribution in [3.63, 3.8) is 0 Å². The Labute approximate surface area is 206 Å². The Balaban J connectivity index is 1.24. The number of amides is 2. The van der Waals surface area contributed by atoms with Gasteiger partial charge in [0.15, 0.2) is 11.5 Å². The molecule has 0 unspecified atom stereocenters. The van der Waals surface area contributed by atoms with E-state index in [0.29, 0.717) is 42.5 Å². The first-order valence-corrected chi connectivity index (χ1v) is 11.5. The van der Waals surface area contributed by atoms with Gasteiger partial charge in [-0.1, -0.05) is 12.1 Å². The molecule has 0 bridgehead atoms. The molecule has 2 aliphatic heterocycles. The third-order valence-corrected chi connectivity index (χ3v) is 6.29. The number of nitrogens with one attached hydrogen (secondary N) is 1. The summed E-state index contributed by atoms with van der Waals surface area (Å²) in [6.45, 7) is 3.16. The second-order valence-electron chi connectivity index (χ2n) is 8.58. The van der Waals surface area contributed by atoms with Gasteiger partial charge in [-0.15, -0.1) is 0 Å². The van der Waals surface area contributed by atoms with E-state index in [2.05, 4.69) is 10.3 Å². The van der Waals surface area contributed by atoms with E-state index >= 15 is 0 Å². The first kappa shape index (κ1) is 23.5. The zero-order valence-corrected chi connectivity index (χ0v) is 19.6. The van der Waals surface area contributed by atoms with E-state index in [-0.39, 0.29) is 31.4 Å². The van der Waals surface area contributed by atoms with Crippen molar-refractivity contribution in [1.82, 2.24) is 15.2 Å². The standard InChI is InChI=1S/C26H24F2N4O4/c1-16-4-6-19(27)22(23(16)28)26(34)32-11-9-31(10-12-32)24-18(3-2-8-29-24)25(33)30-14-17-5-7-20-21(13-17)36-15-35-20/h2-8,13H,9-12,14-15H2,1H3,(H,30,33). The summed E-state index contributed by atoms with van der Waals surface area (Å²) < 4.78 is 39.4. The molecule has 10 heteroatoms. The van der Waals surface area contributed by atoms with Crippen LogP contribution in [0.4, 0.5) is 14.6 Å². The molecule has 5 rings (SSSR count). The quantitative estimate of drug-likeness (QED) is 0.586. The van der Waals surface area contributed by atoms with Gasteiger partial charge in [-0.2, -0.15) is 0 Å². The summed E-state index contributed by atoms with van der Waals surface area (Å²) >= 11 is 0. The van der Waals surface area contributed by atoms with Crippen molar-refractivity contribution < 1.29 is 27.8 Å². The number of nitrogens with zero attached hydrogens (tertiary/aromatic N) is 3. The van der Waals surface area contributed by atoms with Crippen LogP contribution >= 0.6 is 0 Å². The third-order valence-electron chi connectivity index (χ3n) is 6.29. The van der Waals surface area contributed by atoms with Crippen LogP contribution < -0.4 is 19.7 Å². The van der Waals surface area contributed by atoms with Crippen molar-refractivity contribution in [3.8, 4) is 11.5 Å². The fraction of sp³-hybridized carbons (Fsp3) is 0.269. The number of anilines is 1. The Morgan fingerprint density at radius 3 is 2.61 bits per heavy atom. The average Bonchev–Trinajstić information content (AvgIpc) is 3.38. The number of piperazine rings is 1. The highest BCUT2D eigenvalue weighted by molar-refractivity contribution is 5.99. The number of fused-ring (bicyclic) bond motifs is 1. The molecule has 1 fully saturated rings. The van der Waals surface area contributed by atoms with E-state index in [9.17, 15) is 18.4 Å². The average molecular weight is 494 g/mol. The zero-order chi connectivity index (χ0) is 25.2. The predicted molar refractivity (Wildman–Crippen MR) is 127 cm³/mol. The number of carbonyl (C=O) groups excluding carboxylic acids is 2. The summed E-state index contributed by atoms with van der Waals surface area (Å²) in [5.74, 6) is -0.896. The van der Waals surface area contributed by atoms with Gasteiger partial charge in [0.25, 0.3) is 11.8 Å².